The molecule has 116 valence electrons. The van der Waals surface area contributed by atoms with Crippen molar-refractivity contribution in [3.05, 3.63) is 30.4 Å². The zero-order valence-electron chi connectivity index (χ0n) is 13.2. The third-order valence-electron chi connectivity index (χ3n) is 4.07. The first kappa shape index (κ1) is 14.7. The maximum absolute atomic E-state index is 11.8. The third kappa shape index (κ3) is 2.61. The molecule has 6 nitrogen and oxygen atoms in total. The van der Waals surface area contributed by atoms with Crippen LogP contribution in [-0.4, -0.2) is 37.1 Å². The molecule has 1 fully saturated rings. The molecule has 0 N–H and O–H groups in total. The Hall–Kier alpha value is -2.24. The third-order valence-corrected chi connectivity index (χ3v) is 4.07. The Kier molecular flexibility index (Phi) is 3.92. The number of likely N-dealkylation sites (tertiary alicyclic amines) is 1. The summed E-state index contributed by atoms with van der Waals surface area (Å²) in [5.41, 5.74) is 2.62. The summed E-state index contributed by atoms with van der Waals surface area (Å²) in [6.45, 7) is 6.59. The highest BCUT2D eigenvalue weighted by atomic mass is 16.2. The molecule has 0 aromatic carbocycles. The van der Waals surface area contributed by atoms with E-state index in [-0.39, 0.29) is 18.0 Å². The van der Waals surface area contributed by atoms with E-state index < -0.39 is 0 Å². The maximum atomic E-state index is 11.8. The van der Waals surface area contributed by atoms with Crippen molar-refractivity contribution in [1.29, 1.82) is 0 Å². The zero-order valence-corrected chi connectivity index (χ0v) is 13.2. The summed E-state index contributed by atoms with van der Waals surface area (Å²) < 4.78 is 1.94. The van der Waals surface area contributed by atoms with Gasteiger partial charge in [-0.05, 0) is 32.8 Å². The smallest absolute Gasteiger partial charge is 0.220 e. The van der Waals surface area contributed by atoms with Crippen LogP contribution in [0.4, 0.5) is 0 Å². The maximum Gasteiger partial charge on any atom is 0.220 e. The molecule has 1 aliphatic heterocycles. The summed E-state index contributed by atoms with van der Waals surface area (Å²) in [6.07, 6.45) is 7.26. The minimum absolute atomic E-state index is 0.0420. The number of hydrogen-bond acceptors (Lipinski definition) is 4. The molecule has 22 heavy (non-hydrogen) atoms. The highest BCUT2D eigenvalue weighted by Gasteiger charge is 2.29. The number of aromatic nitrogens is 4. The van der Waals surface area contributed by atoms with Crippen molar-refractivity contribution in [3.63, 3.8) is 0 Å². The Bertz CT molecular complexity index is 679. The van der Waals surface area contributed by atoms with Crippen LogP contribution in [0, 0.1) is 0 Å². The van der Waals surface area contributed by atoms with Crippen molar-refractivity contribution in [2.45, 2.75) is 45.7 Å². The molecule has 1 atom stereocenters. The molecular weight excluding hydrogens is 278 g/mol. The van der Waals surface area contributed by atoms with Gasteiger partial charge in [-0.1, -0.05) is 0 Å². The quantitative estimate of drug-likeness (QED) is 0.874. The SMILES string of the molecule is CC(=O)N1CCC[C@H]1c1cncc(-c2ccnn2C(C)C)n1. The molecule has 0 saturated carbocycles. The summed E-state index contributed by atoms with van der Waals surface area (Å²) in [5.74, 6) is 0.0990. The molecule has 0 spiro atoms. The van der Waals surface area contributed by atoms with Crippen LogP contribution < -0.4 is 0 Å². The van der Waals surface area contributed by atoms with Crippen molar-refractivity contribution in [1.82, 2.24) is 24.6 Å². The van der Waals surface area contributed by atoms with Crippen molar-refractivity contribution in [2.24, 2.45) is 0 Å². The predicted molar refractivity (Wildman–Crippen MR) is 83.0 cm³/mol. The van der Waals surface area contributed by atoms with E-state index in [4.69, 9.17) is 4.98 Å². The summed E-state index contributed by atoms with van der Waals surface area (Å²) in [6, 6.07) is 2.25. The van der Waals surface area contributed by atoms with Crippen LogP contribution in [0.2, 0.25) is 0 Å². The number of amides is 1. The second-order valence-corrected chi connectivity index (χ2v) is 5.95. The normalized spacial score (nSPS) is 18.2. The topological polar surface area (TPSA) is 63.9 Å². The van der Waals surface area contributed by atoms with Gasteiger partial charge < -0.3 is 4.90 Å². The van der Waals surface area contributed by atoms with Gasteiger partial charge in [-0.15, -0.1) is 0 Å². The van der Waals surface area contributed by atoms with E-state index in [0.29, 0.717) is 0 Å². The Morgan fingerprint density at radius 3 is 2.91 bits per heavy atom. The second kappa shape index (κ2) is 5.87. The first-order valence-corrected chi connectivity index (χ1v) is 7.71. The molecule has 0 aliphatic carbocycles. The van der Waals surface area contributed by atoms with Gasteiger partial charge in [0.15, 0.2) is 0 Å². The van der Waals surface area contributed by atoms with Crippen LogP contribution in [0.5, 0.6) is 0 Å². The molecule has 3 heterocycles. The molecule has 0 bridgehead atoms. The lowest BCUT2D eigenvalue weighted by Gasteiger charge is -2.22. The van der Waals surface area contributed by atoms with Crippen molar-refractivity contribution in [2.75, 3.05) is 6.54 Å². The zero-order chi connectivity index (χ0) is 15.7. The number of carbonyl (C=O) groups is 1. The monoisotopic (exact) mass is 299 g/mol. The standard InChI is InChI=1S/C16H21N5O/c1-11(2)21-16(6-7-18-21)14-10-17-9-13(19-14)15-5-4-8-20(15)12(3)22/h6-7,9-11,15H,4-5,8H2,1-3H3/t15-/m0/s1. The Morgan fingerprint density at radius 1 is 1.36 bits per heavy atom. The lowest BCUT2D eigenvalue weighted by Crippen LogP contribution is -2.28. The highest BCUT2D eigenvalue weighted by molar-refractivity contribution is 5.74. The van der Waals surface area contributed by atoms with Crippen LogP contribution in [0.25, 0.3) is 11.4 Å². The molecule has 1 saturated heterocycles. The fourth-order valence-electron chi connectivity index (χ4n) is 3.04. The van der Waals surface area contributed by atoms with Crippen molar-refractivity contribution >= 4 is 5.91 Å². The first-order valence-electron chi connectivity index (χ1n) is 7.71. The summed E-state index contributed by atoms with van der Waals surface area (Å²) >= 11 is 0. The van der Waals surface area contributed by atoms with Gasteiger partial charge in [0, 0.05) is 25.7 Å². The molecule has 0 radical (unpaired) electrons. The van der Waals surface area contributed by atoms with Crippen molar-refractivity contribution in [3.8, 4) is 11.4 Å². The van der Waals surface area contributed by atoms with Crippen LogP contribution in [0.1, 0.15) is 51.4 Å². The highest BCUT2D eigenvalue weighted by Crippen LogP contribution is 2.31. The van der Waals surface area contributed by atoms with E-state index in [0.717, 1.165) is 36.5 Å². The fourth-order valence-corrected chi connectivity index (χ4v) is 3.04. The lowest BCUT2D eigenvalue weighted by molar-refractivity contribution is -0.129. The Balaban J connectivity index is 1.96. The van der Waals surface area contributed by atoms with E-state index in [2.05, 4.69) is 23.9 Å². The Morgan fingerprint density at radius 2 is 2.18 bits per heavy atom. The largest absolute Gasteiger partial charge is 0.334 e. The van der Waals surface area contributed by atoms with Crippen molar-refractivity contribution < 1.29 is 4.79 Å². The predicted octanol–water partition coefficient (Wildman–Crippen LogP) is 2.60. The molecule has 2 aromatic rings. The number of hydrogen-bond donors (Lipinski definition) is 0. The number of nitrogens with zero attached hydrogens (tertiary/aromatic N) is 5. The Labute approximate surface area is 130 Å². The molecule has 1 amide bonds. The summed E-state index contributed by atoms with van der Waals surface area (Å²) in [7, 11) is 0. The minimum atomic E-state index is 0.0420. The van der Waals surface area contributed by atoms with Gasteiger partial charge in [-0.3, -0.25) is 14.5 Å². The first-order chi connectivity index (χ1) is 10.6. The average molecular weight is 299 g/mol. The second-order valence-electron chi connectivity index (χ2n) is 5.95. The summed E-state index contributed by atoms with van der Waals surface area (Å²) in [5, 5.41) is 4.35. The molecule has 1 aliphatic rings. The van der Waals surface area contributed by atoms with E-state index in [1.165, 1.54) is 0 Å². The van der Waals surface area contributed by atoms with E-state index in [9.17, 15) is 4.79 Å². The molecule has 2 aromatic heterocycles. The van der Waals surface area contributed by atoms with Gasteiger partial charge >= 0.3 is 0 Å². The van der Waals surface area contributed by atoms with E-state index >= 15 is 0 Å². The molecular formula is C16H21N5O. The van der Waals surface area contributed by atoms with Crippen LogP contribution in [-0.2, 0) is 4.79 Å². The number of carbonyl (C=O) groups excluding carboxylic acids is 1. The van der Waals surface area contributed by atoms with Gasteiger partial charge in [0.25, 0.3) is 0 Å². The van der Waals surface area contributed by atoms with E-state index in [1.54, 1.807) is 25.5 Å². The van der Waals surface area contributed by atoms with E-state index in [1.807, 2.05) is 15.6 Å². The minimum Gasteiger partial charge on any atom is -0.334 e. The summed E-state index contributed by atoms with van der Waals surface area (Å²) in [4.78, 5) is 22.7. The average Bonchev–Trinajstić information content (AvgIpc) is 3.16. The van der Waals surface area contributed by atoms with Gasteiger partial charge in [0.05, 0.1) is 29.8 Å². The van der Waals surface area contributed by atoms with Gasteiger partial charge in [0.1, 0.15) is 5.69 Å². The molecule has 3 rings (SSSR count). The molecule has 6 heteroatoms. The van der Waals surface area contributed by atoms with Gasteiger partial charge in [-0.2, -0.15) is 5.10 Å². The number of rotatable bonds is 3. The lowest BCUT2D eigenvalue weighted by atomic mass is 10.1. The molecule has 0 unspecified atom stereocenters. The van der Waals surface area contributed by atoms with Gasteiger partial charge in [-0.25, -0.2) is 4.98 Å². The van der Waals surface area contributed by atoms with Crippen LogP contribution >= 0.6 is 0 Å². The van der Waals surface area contributed by atoms with Crippen LogP contribution in [0.15, 0.2) is 24.7 Å². The van der Waals surface area contributed by atoms with Crippen LogP contribution in [0.3, 0.4) is 0 Å². The van der Waals surface area contributed by atoms with Gasteiger partial charge in [0.2, 0.25) is 5.91 Å². The fraction of sp³-hybridized carbons (Fsp3) is 0.500.